The monoisotopic (exact) mass is 397 g/mol. The maximum Gasteiger partial charge on any atom is 0.220 e. The molecule has 2 aromatic rings. The second kappa shape index (κ2) is 7.59. The largest absolute Gasteiger partial charge is 0.352 e. The smallest absolute Gasteiger partial charge is 0.220 e. The average molecular weight is 397 g/mol. The van der Waals surface area contributed by atoms with E-state index in [2.05, 4.69) is 39.9 Å². The molecule has 1 aromatic carbocycles. The van der Waals surface area contributed by atoms with Crippen molar-refractivity contribution in [1.29, 1.82) is 0 Å². The topological polar surface area (TPSA) is 46.9 Å². The molecule has 0 saturated carbocycles. The van der Waals surface area contributed by atoms with Crippen LogP contribution in [0.1, 0.15) is 29.8 Å². The second-order valence-electron chi connectivity index (χ2n) is 5.07. The highest BCUT2D eigenvalue weighted by Gasteiger charge is 2.09. The van der Waals surface area contributed by atoms with Gasteiger partial charge in [0.2, 0.25) is 5.91 Å². The van der Waals surface area contributed by atoms with E-state index in [0.29, 0.717) is 13.0 Å². The van der Waals surface area contributed by atoms with E-state index in [0.717, 1.165) is 24.2 Å². The lowest BCUT2D eigenvalue weighted by Crippen LogP contribution is -2.22. The van der Waals surface area contributed by atoms with Gasteiger partial charge in [0.05, 0.1) is 9.26 Å². The summed E-state index contributed by atoms with van der Waals surface area (Å²) in [6.07, 6.45) is 1.33. The van der Waals surface area contributed by atoms with Gasteiger partial charge in [0.25, 0.3) is 0 Å². The van der Waals surface area contributed by atoms with E-state index in [4.69, 9.17) is 0 Å². The number of benzene rings is 1. The van der Waals surface area contributed by atoms with Gasteiger partial charge in [-0.25, -0.2) is 0 Å². The summed E-state index contributed by atoms with van der Waals surface area (Å²) in [4.78, 5) is 11.8. The molecule has 0 atom stereocenters. The number of carbonyl (C=O) groups excluding carboxylic acids is 1. The molecule has 21 heavy (non-hydrogen) atoms. The Morgan fingerprint density at radius 3 is 2.62 bits per heavy atom. The summed E-state index contributed by atoms with van der Waals surface area (Å²) in [5, 5.41) is 7.42. The zero-order valence-corrected chi connectivity index (χ0v) is 14.6. The molecule has 0 saturated heterocycles. The van der Waals surface area contributed by atoms with Crippen molar-refractivity contribution in [1.82, 2.24) is 15.1 Å². The Morgan fingerprint density at radius 1 is 1.29 bits per heavy atom. The number of nitrogens with one attached hydrogen (secondary N) is 1. The van der Waals surface area contributed by atoms with Crippen LogP contribution in [0.5, 0.6) is 0 Å². The van der Waals surface area contributed by atoms with Crippen LogP contribution in [0, 0.1) is 17.4 Å². The predicted octanol–water partition coefficient (Wildman–Crippen LogP) is 3.20. The van der Waals surface area contributed by atoms with E-state index in [-0.39, 0.29) is 5.91 Å². The molecular formula is C16H20IN3O. The molecule has 5 heteroatoms. The molecule has 4 nitrogen and oxygen atoms in total. The van der Waals surface area contributed by atoms with E-state index in [1.807, 2.05) is 41.9 Å². The van der Waals surface area contributed by atoms with E-state index in [9.17, 15) is 4.79 Å². The first kappa shape index (κ1) is 16.0. The molecule has 2 rings (SSSR count). The summed E-state index contributed by atoms with van der Waals surface area (Å²) in [6.45, 7) is 5.46. The van der Waals surface area contributed by atoms with Gasteiger partial charge in [0, 0.05) is 25.2 Å². The van der Waals surface area contributed by atoms with Crippen molar-refractivity contribution in [2.45, 2.75) is 39.8 Å². The van der Waals surface area contributed by atoms with Gasteiger partial charge in [0.15, 0.2) is 0 Å². The number of amides is 1. The van der Waals surface area contributed by atoms with Crippen LogP contribution in [0.15, 0.2) is 30.3 Å². The van der Waals surface area contributed by atoms with Crippen molar-refractivity contribution < 1.29 is 4.79 Å². The van der Waals surface area contributed by atoms with Gasteiger partial charge >= 0.3 is 0 Å². The van der Waals surface area contributed by atoms with E-state index >= 15 is 0 Å². The summed E-state index contributed by atoms with van der Waals surface area (Å²) in [5.74, 6) is 0.0927. The highest BCUT2D eigenvalue weighted by atomic mass is 127. The SMILES string of the molecule is Cc1nn(CCCC(=O)NCc2ccccc2)c(C)c1I. The van der Waals surface area contributed by atoms with Gasteiger partial charge in [-0.2, -0.15) is 5.10 Å². The van der Waals surface area contributed by atoms with Crippen molar-refractivity contribution in [3.8, 4) is 0 Å². The Bertz CT molecular complexity index is 607. The van der Waals surface area contributed by atoms with E-state index in [1.165, 1.54) is 9.26 Å². The third-order valence-electron chi connectivity index (χ3n) is 3.40. The second-order valence-corrected chi connectivity index (χ2v) is 6.15. The molecule has 0 aliphatic rings. The number of carbonyl (C=O) groups is 1. The van der Waals surface area contributed by atoms with E-state index in [1.54, 1.807) is 0 Å². The molecular weight excluding hydrogens is 377 g/mol. The third kappa shape index (κ3) is 4.56. The standard InChI is InChI=1S/C16H20IN3O/c1-12-16(17)13(2)20(19-12)10-6-9-15(21)18-11-14-7-4-3-5-8-14/h3-5,7-8H,6,9-11H2,1-2H3,(H,18,21). The van der Waals surface area contributed by atoms with Crippen LogP contribution in [0.3, 0.4) is 0 Å². The lowest BCUT2D eigenvalue weighted by atomic mass is 10.2. The van der Waals surface area contributed by atoms with Crippen LogP contribution in [-0.2, 0) is 17.9 Å². The van der Waals surface area contributed by atoms with Crippen LogP contribution in [-0.4, -0.2) is 15.7 Å². The van der Waals surface area contributed by atoms with Crippen LogP contribution >= 0.6 is 22.6 Å². The normalized spacial score (nSPS) is 10.6. The minimum atomic E-state index is 0.0927. The molecule has 0 spiro atoms. The number of rotatable bonds is 6. The summed E-state index contributed by atoms with van der Waals surface area (Å²) in [6, 6.07) is 9.95. The Kier molecular flexibility index (Phi) is 5.78. The lowest BCUT2D eigenvalue weighted by molar-refractivity contribution is -0.121. The van der Waals surface area contributed by atoms with Crippen LogP contribution in [0.25, 0.3) is 0 Å². The fourth-order valence-electron chi connectivity index (χ4n) is 2.17. The molecule has 0 bridgehead atoms. The van der Waals surface area contributed by atoms with Crippen LogP contribution in [0.2, 0.25) is 0 Å². The minimum absolute atomic E-state index is 0.0927. The molecule has 1 heterocycles. The summed E-state index contributed by atoms with van der Waals surface area (Å²) < 4.78 is 3.20. The molecule has 0 fully saturated rings. The fraction of sp³-hybridized carbons (Fsp3) is 0.375. The zero-order valence-electron chi connectivity index (χ0n) is 12.4. The van der Waals surface area contributed by atoms with Gasteiger partial charge in [0.1, 0.15) is 0 Å². The number of hydrogen-bond donors (Lipinski definition) is 1. The maximum absolute atomic E-state index is 11.8. The van der Waals surface area contributed by atoms with Gasteiger partial charge in [-0.15, -0.1) is 0 Å². The maximum atomic E-state index is 11.8. The molecule has 0 aliphatic carbocycles. The first-order valence-corrected chi connectivity index (χ1v) is 8.16. The average Bonchev–Trinajstić information content (AvgIpc) is 2.74. The number of halogens is 1. The highest BCUT2D eigenvalue weighted by molar-refractivity contribution is 14.1. The molecule has 0 unspecified atom stereocenters. The Labute approximate surface area is 139 Å². The number of hydrogen-bond acceptors (Lipinski definition) is 2. The van der Waals surface area contributed by atoms with Crippen LogP contribution in [0.4, 0.5) is 0 Å². The lowest BCUT2D eigenvalue weighted by Gasteiger charge is -2.06. The molecule has 112 valence electrons. The Morgan fingerprint density at radius 2 is 2.00 bits per heavy atom. The predicted molar refractivity (Wildman–Crippen MR) is 91.9 cm³/mol. The Hall–Kier alpha value is -1.37. The van der Waals surface area contributed by atoms with Crippen molar-refractivity contribution in [3.63, 3.8) is 0 Å². The van der Waals surface area contributed by atoms with Crippen molar-refractivity contribution in [2.75, 3.05) is 0 Å². The fourth-order valence-corrected chi connectivity index (χ4v) is 2.55. The molecule has 0 aliphatic heterocycles. The van der Waals surface area contributed by atoms with Gasteiger partial charge in [-0.05, 0) is 48.4 Å². The Balaban J connectivity index is 1.73. The molecule has 1 N–H and O–H groups in total. The highest BCUT2D eigenvalue weighted by Crippen LogP contribution is 2.15. The quantitative estimate of drug-likeness (QED) is 0.762. The first-order valence-electron chi connectivity index (χ1n) is 7.08. The number of aromatic nitrogens is 2. The number of aryl methyl sites for hydroxylation is 2. The first-order chi connectivity index (χ1) is 10.1. The van der Waals surface area contributed by atoms with Crippen LogP contribution < -0.4 is 5.32 Å². The molecule has 1 amide bonds. The summed E-state index contributed by atoms with van der Waals surface area (Å²) in [7, 11) is 0. The summed E-state index contributed by atoms with van der Waals surface area (Å²) in [5.41, 5.74) is 3.36. The third-order valence-corrected chi connectivity index (χ3v) is 4.96. The van der Waals surface area contributed by atoms with Gasteiger partial charge in [-0.1, -0.05) is 30.3 Å². The van der Waals surface area contributed by atoms with Crippen molar-refractivity contribution in [2.24, 2.45) is 0 Å². The summed E-state index contributed by atoms with van der Waals surface area (Å²) >= 11 is 2.31. The number of nitrogens with zero attached hydrogens (tertiary/aromatic N) is 2. The molecule has 1 aromatic heterocycles. The molecule has 0 radical (unpaired) electrons. The zero-order chi connectivity index (χ0) is 15.2. The van der Waals surface area contributed by atoms with Crippen molar-refractivity contribution in [3.05, 3.63) is 50.9 Å². The van der Waals surface area contributed by atoms with E-state index < -0.39 is 0 Å². The van der Waals surface area contributed by atoms with Crippen molar-refractivity contribution >= 4 is 28.5 Å². The van der Waals surface area contributed by atoms with Gasteiger partial charge in [-0.3, -0.25) is 9.48 Å². The minimum Gasteiger partial charge on any atom is -0.352 e. The van der Waals surface area contributed by atoms with Gasteiger partial charge < -0.3 is 5.32 Å².